The highest BCUT2D eigenvalue weighted by atomic mass is 15.2. The van der Waals surface area contributed by atoms with Crippen LogP contribution in [-0.4, -0.2) is 16.5 Å². The van der Waals surface area contributed by atoms with Crippen molar-refractivity contribution in [3.63, 3.8) is 0 Å². The topological polar surface area (TPSA) is 8.17 Å². The summed E-state index contributed by atoms with van der Waals surface area (Å²) in [5.74, 6) is 0. The molecule has 1 aromatic heterocycles. The number of aryl methyl sites for hydroxylation is 3. The second-order valence-corrected chi connectivity index (χ2v) is 7.12. The van der Waals surface area contributed by atoms with Crippen molar-refractivity contribution in [2.24, 2.45) is 7.05 Å². The van der Waals surface area contributed by atoms with E-state index in [1.54, 1.807) is 0 Å². The fourth-order valence-corrected chi connectivity index (χ4v) is 3.95. The van der Waals surface area contributed by atoms with E-state index in [0.717, 1.165) is 6.54 Å². The maximum atomic E-state index is 2.45. The molecule has 0 amide bonds. The molecule has 24 heavy (non-hydrogen) atoms. The predicted molar refractivity (Wildman–Crippen MR) is 100 cm³/mol. The normalized spacial score (nSPS) is 17.2. The molecule has 2 aromatic carbocycles. The smallest absolute Gasteiger partial charge is 0.0620 e. The minimum absolute atomic E-state index is 0.353. The highest BCUT2D eigenvalue weighted by Gasteiger charge is 2.33. The van der Waals surface area contributed by atoms with E-state index in [4.69, 9.17) is 0 Å². The molecular formula is C22H24N2. The molecule has 0 N–H and O–H groups in total. The van der Waals surface area contributed by atoms with Gasteiger partial charge in [0.2, 0.25) is 0 Å². The van der Waals surface area contributed by atoms with Gasteiger partial charge in [0.15, 0.2) is 0 Å². The quantitative estimate of drug-likeness (QED) is 0.656. The molecule has 2 nitrogen and oxygen atoms in total. The monoisotopic (exact) mass is 316 g/mol. The van der Waals surface area contributed by atoms with Crippen LogP contribution in [0.2, 0.25) is 0 Å². The van der Waals surface area contributed by atoms with Gasteiger partial charge < -0.3 is 4.57 Å². The molecule has 0 spiro atoms. The van der Waals surface area contributed by atoms with Crippen molar-refractivity contribution in [3.8, 4) is 11.3 Å². The van der Waals surface area contributed by atoms with E-state index in [0.29, 0.717) is 6.04 Å². The summed E-state index contributed by atoms with van der Waals surface area (Å²) >= 11 is 0. The van der Waals surface area contributed by atoms with Gasteiger partial charge in [-0.2, -0.15) is 0 Å². The summed E-state index contributed by atoms with van der Waals surface area (Å²) in [4.78, 5) is 2.45. The maximum Gasteiger partial charge on any atom is 0.0620 e. The van der Waals surface area contributed by atoms with Gasteiger partial charge in [0.05, 0.1) is 11.7 Å². The lowest BCUT2D eigenvalue weighted by Gasteiger charge is -2.21. The van der Waals surface area contributed by atoms with Crippen molar-refractivity contribution in [1.82, 2.24) is 9.47 Å². The molecule has 0 saturated carbocycles. The molecular weight excluding hydrogens is 292 g/mol. The molecule has 0 fully saturated rings. The number of nitrogens with zero attached hydrogens (tertiary/aromatic N) is 2. The Kier molecular flexibility index (Phi) is 3.58. The van der Waals surface area contributed by atoms with E-state index in [1.165, 1.54) is 39.1 Å². The third kappa shape index (κ3) is 2.38. The predicted octanol–water partition coefficient (Wildman–Crippen LogP) is 4.84. The Morgan fingerprint density at radius 2 is 1.42 bits per heavy atom. The lowest BCUT2D eigenvalue weighted by atomic mass is 9.98. The average molecular weight is 316 g/mol. The van der Waals surface area contributed by atoms with Crippen LogP contribution in [0.1, 0.15) is 33.9 Å². The molecule has 0 saturated heterocycles. The minimum atomic E-state index is 0.353. The van der Waals surface area contributed by atoms with Crippen LogP contribution in [-0.2, 0) is 13.6 Å². The molecule has 1 unspecified atom stereocenters. The van der Waals surface area contributed by atoms with Crippen molar-refractivity contribution in [3.05, 3.63) is 82.5 Å². The van der Waals surface area contributed by atoms with Gasteiger partial charge in [0, 0.05) is 19.8 Å². The Morgan fingerprint density at radius 1 is 0.833 bits per heavy atom. The third-order valence-corrected chi connectivity index (χ3v) is 5.18. The van der Waals surface area contributed by atoms with Crippen LogP contribution in [0.3, 0.4) is 0 Å². The van der Waals surface area contributed by atoms with Gasteiger partial charge in [-0.05, 0) is 43.1 Å². The largest absolute Gasteiger partial charge is 0.350 e. The van der Waals surface area contributed by atoms with Crippen molar-refractivity contribution in [1.29, 1.82) is 0 Å². The fourth-order valence-electron chi connectivity index (χ4n) is 3.95. The van der Waals surface area contributed by atoms with Gasteiger partial charge in [0.25, 0.3) is 0 Å². The molecule has 0 radical (unpaired) electrons. The Hall–Kier alpha value is -2.32. The van der Waals surface area contributed by atoms with Crippen LogP contribution in [0, 0.1) is 13.8 Å². The summed E-state index contributed by atoms with van der Waals surface area (Å²) in [6.45, 7) is 5.28. The van der Waals surface area contributed by atoms with Crippen LogP contribution in [0.4, 0.5) is 0 Å². The number of fused-ring (bicyclic) bond motifs is 1. The number of aromatic nitrogens is 1. The van der Waals surface area contributed by atoms with Gasteiger partial charge in [-0.25, -0.2) is 0 Å². The molecule has 0 aliphatic carbocycles. The van der Waals surface area contributed by atoms with E-state index >= 15 is 0 Å². The van der Waals surface area contributed by atoms with Gasteiger partial charge in [-0.1, -0.05) is 59.7 Å². The minimum Gasteiger partial charge on any atom is -0.350 e. The zero-order chi connectivity index (χ0) is 16.8. The highest BCUT2D eigenvalue weighted by Crippen LogP contribution is 2.42. The fraction of sp³-hybridized carbons (Fsp3) is 0.273. The number of benzene rings is 2. The SMILES string of the molecule is Cc1ccc(-c2c3c(cn2C)C(c2ccc(C)cc2)N(C)C3)cc1. The summed E-state index contributed by atoms with van der Waals surface area (Å²) in [6.07, 6.45) is 2.32. The molecule has 122 valence electrons. The van der Waals surface area contributed by atoms with Gasteiger partial charge in [0.1, 0.15) is 0 Å². The number of hydrogen-bond acceptors (Lipinski definition) is 1. The van der Waals surface area contributed by atoms with Gasteiger partial charge in [-0.15, -0.1) is 0 Å². The maximum absolute atomic E-state index is 2.45. The van der Waals surface area contributed by atoms with Crippen LogP contribution in [0.15, 0.2) is 54.7 Å². The first-order valence-electron chi connectivity index (χ1n) is 8.56. The lowest BCUT2D eigenvalue weighted by Crippen LogP contribution is -2.18. The third-order valence-electron chi connectivity index (χ3n) is 5.18. The van der Waals surface area contributed by atoms with E-state index in [-0.39, 0.29) is 0 Å². The summed E-state index contributed by atoms with van der Waals surface area (Å²) < 4.78 is 2.30. The molecule has 3 aromatic rings. The van der Waals surface area contributed by atoms with Crippen LogP contribution < -0.4 is 0 Å². The van der Waals surface area contributed by atoms with Crippen LogP contribution >= 0.6 is 0 Å². The molecule has 2 heteroatoms. The first kappa shape index (κ1) is 15.2. The summed E-state index contributed by atoms with van der Waals surface area (Å²) in [6, 6.07) is 18.2. The molecule has 2 heterocycles. The Morgan fingerprint density at radius 3 is 2.04 bits per heavy atom. The molecule has 0 bridgehead atoms. The molecule has 1 aliphatic heterocycles. The van der Waals surface area contributed by atoms with E-state index in [9.17, 15) is 0 Å². The summed E-state index contributed by atoms with van der Waals surface area (Å²) in [5, 5.41) is 0. The average Bonchev–Trinajstić information content (AvgIpc) is 3.02. The second-order valence-electron chi connectivity index (χ2n) is 7.12. The number of rotatable bonds is 2. The first-order chi connectivity index (χ1) is 11.5. The molecule has 1 aliphatic rings. The van der Waals surface area contributed by atoms with Crippen molar-refractivity contribution in [2.75, 3.05) is 7.05 Å². The summed E-state index contributed by atoms with van der Waals surface area (Å²) in [5.41, 5.74) is 9.57. The number of hydrogen-bond donors (Lipinski definition) is 0. The molecule has 4 rings (SSSR count). The second kappa shape index (κ2) is 5.64. The molecule has 1 atom stereocenters. The van der Waals surface area contributed by atoms with Crippen LogP contribution in [0.5, 0.6) is 0 Å². The van der Waals surface area contributed by atoms with E-state index < -0.39 is 0 Å². The van der Waals surface area contributed by atoms with E-state index in [2.05, 4.69) is 92.1 Å². The Balaban J connectivity index is 1.82. The lowest BCUT2D eigenvalue weighted by molar-refractivity contribution is 0.302. The first-order valence-corrected chi connectivity index (χ1v) is 8.56. The van der Waals surface area contributed by atoms with Crippen molar-refractivity contribution >= 4 is 0 Å². The summed E-state index contributed by atoms with van der Waals surface area (Å²) in [7, 11) is 4.39. The Bertz CT molecular complexity index is 870. The van der Waals surface area contributed by atoms with Crippen molar-refractivity contribution in [2.45, 2.75) is 26.4 Å². The van der Waals surface area contributed by atoms with E-state index in [1.807, 2.05) is 0 Å². The van der Waals surface area contributed by atoms with Crippen molar-refractivity contribution < 1.29 is 0 Å². The Labute approximate surface area is 144 Å². The van der Waals surface area contributed by atoms with Gasteiger partial charge >= 0.3 is 0 Å². The zero-order valence-corrected chi connectivity index (χ0v) is 14.9. The van der Waals surface area contributed by atoms with Crippen LogP contribution in [0.25, 0.3) is 11.3 Å². The zero-order valence-electron chi connectivity index (χ0n) is 14.9. The standard InChI is InChI=1S/C22H24N2/c1-15-5-9-17(10-6-15)21-19-13-24(4)22(20(19)14-23(21)3)18-11-7-16(2)8-12-18/h5-13,21H,14H2,1-4H3. The highest BCUT2D eigenvalue weighted by molar-refractivity contribution is 5.68. The van der Waals surface area contributed by atoms with Gasteiger partial charge in [-0.3, -0.25) is 4.90 Å².